The van der Waals surface area contributed by atoms with Gasteiger partial charge in [-0.05, 0) is 48.1 Å². The van der Waals surface area contributed by atoms with Crippen molar-refractivity contribution in [2.75, 3.05) is 0 Å². The maximum absolute atomic E-state index is 5.71. The van der Waals surface area contributed by atoms with Crippen LogP contribution in [0.15, 0.2) is 26.5 Å². The van der Waals surface area contributed by atoms with Gasteiger partial charge in [-0.25, -0.2) is 4.98 Å². The van der Waals surface area contributed by atoms with Crippen molar-refractivity contribution in [3.05, 3.63) is 28.0 Å². The Morgan fingerprint density at radius 1 is 1.47 bits per heavy atom. The van der Waals surface area contributed by atoms with Crippen molar-refractivity contribution >= 4 is 27.3 Å². The Kier molecular flexibility index (Phi) is 3.70. The summed E-state index contributed by atoms with van der Waals surface area (Å²) in [5.74, 6) is 1.54. The minimum Gasteiger partial charge on any atom is -0.438 e. The topological polar surface area (TPSA) is 38.1 Å². The molecule has 2 aromatic rings. The lowest BCUT2D eigenvalue weighted by atomic mass is 10.1. The molecule has 0 aromatic carbocycles. The summed E-state index contributed by atoms with van der Waals surface area (Å²) in [6, 6.07) is 2.01. The van der Waals surface area contributed by atoms with Gasteiger partial charge in [0.05, 0.1) is 17.6 Å². The molecule has 0 aliphatic rings. The molecule has 2 aromatic heterocycles. The first kappa shape index (κ1) is 12.8. The molecule has 0 saturated heterocycles. The molecule has 92 valence electrons. The number of hydrogen-bond acceptors (Lipinski definition) is 4. The highest BCUT2D eigenvalue weighted by atomic mass is 79.9. The van der Waals surface area contributed by atoms with E-state index in [1.165, 1.54) is 0 Å². The second-order valence-electron chi connectivity index (χ2n) is 4.82. The normalized spacial score (nSPS) is 12.0. The molecule has 0 aliphatic heterocycles. The summed E-state index contributed by atoms with van der Waals surface area (Å²) < 4.78 is 6.76. The molecular formula is C12H15BrN2OS. The Balaban J connectivity index is 2.09. The van der Waals surface area contributed by atoms with Crippen LogP contribution in [0.4, 0.5) is 0 Å². The zero-order chi connectivity index (χ0) is 12.5. The fourth-order valence-corrected chi connectivity index (χ4v) is 2.82. The van der Waals surface area contributed by atoms with E-state index in [-0.39, 0.29) is 5.54 Å². The molecule has 0 fully saturated rings. The van der Waals surface area contributed by atoms with Gasteiger partial charge in [-0.2, -0.15) is 0 Å². The summed E-state index contributed by atoms with van der Waals surface area (Å²) in [6.45, 7) is 7.00. The van der Waals surface area contributed by atoms with Crippen molar-refractivity contribution < 1.29 is 4.42 Å². The van der Waals surface area contributed by atoms with Crippen molar-refractivity contribution in [1.82, 2.24) is 10.3 Å². The molecule has 17 heavy (non-hydrogen) atoms. The number of thiophene rings is 1. The molecule has 2 heterocycles. The van der Waals surface area contributed by atoms with Crippen molar-refractivity contribution in [2.24, 2.45) is 0 Å². The van der Waals surface area contributed by atoms with Crippen LogP contribution in [0, 0.1) is 0 Å². The van der Waals surface area contributed by atoms with Gasteiger partial charge in [-0.3, -0.25) is 0 Å². The first-order valence-corrected chi connectivity index (χ1v) is 7.06. The van der Waals surface area contributed by atoms with Crippen LogP contribution in [0.2, 0.25) is 0 Å². The van der Waals surface area contributed by atoms with Crippen LogP contribution < -0.4 is 5.32 Å². The van der Waals surface area contributed by atoms with Crippen LogP contribution in [-0.4, -0.2) is 10.5 Å². The van der Waals surface area contributed by atoms with E-state index in [9.17, 15) is 0 Å². The lowest BCUT2D eigenvalue weighted by Crippen LogP contribution is -2.35. The van der Waals surface area contributed by atoms with E-state index >= 15 is 0 Å². The van der Waals surface area contributed by atoms with Crippen LogP contribution in [0.1, 0.15) is 26.7 Å². The standard InChI is InChI=1S/C12H15BrN2OS/c1-12(2,3)15-7-10-14-6-9(16-10)11-8(13)4-5-17-11/h4-6,15H,7H2,1-3H3. The summed E-state index contributed by atoms with van der Waals surface area (Å²) >= 11 is 5.13. The van der Waals surface area contributed by atoms with E-state index in [0.717, 1.165) is 21.0 Å². The average Bonchev–Trinajstić information content (AvgIpc) is 2.81. The second kappa shape index (κ2) is 4.92. The van der Waals surface area contributed by atoms with Gasteiger partial charge < -0.3 is 9.73 Å². The molecule has 0 bridgehead atoms. The molecule has 0 atom stereocenters. The number of halogens is 1. The van der Waals surface area contributed by atoms with E-state index in [4.69, 9.17) is 4.42 Å². The number of hydrogen-bond donors (Lipinski definition) is 1. The van der Waals surface area contributed by atoms with Crippen LogP contribution in [-0.2, 0) is 6.54 Å². The van der Waals surface area contributed by atoms with Crippen molar-refractivity contribution in [2.45, 2.75) is 32.9 Å². The van der Waals surface area contributed by atoms with E-state index in [2.05, 4.69) is 47.0 Å². The van der Waals surface area contributed by atoms with Gasteiger partial charge in [0.25, 0.3) is 0 Å². The molecule has 0 spiro atoms. The Bertz CT molecular complexity index is 499. The van der Waals surface area contributed by atoms with Gasteiger partial charge in [0, 0.05) is 10.0 Å². The van der Waals surface area contributed by atoms with Crippen LogP contribution >= 0.6 is 27.3 Å². The summed E-state index contributed by atoms with van der Waals surface area (Å²) in [5.41, 5.74) is 0.0676. The Hall–Kier alpha value is -0.650. The minimum absolute atomic E-state index is 0.0676. The number of rotatable bonds is 3. The third-order valence-corrected chi connectivity index (χ3v) is 4.02. The third-order valence-electron chi connectivity index (χ3n) is 2.16. The largest absolute Gasteiger partial charge is 0.438 e. The maximum Gasteiger partial charge on any atom is 0.208 e. The highest BCUT2D eigenvalue weighted by Crippen LogP contribution is 2.33. The van der Waals surface area contributed by atoms with Crippen LogP contribution in [0.3, 0.4) is 0 Å². The SMILES string of the molecule is CC(C)(C)NCc1ncc(-c2sccc2Br)o1. The molecule has 5 heteroatoms. The molecule has 0 radical (unpaired) electrons. The van der Waals surface area contributed by atoms with Crippen molar-refractivity contribution in [1.29, 1.82) is 0 Å². The molecule has 2 rings (SSSR count). The van der Waals surface area contributed by atoms with E-state index in [1.807, 2.05) is 11.4 Å². The highest BCUT2D eigenvalue weighted by molar-refractivity contribution is 9.10. The molecule has 3 nitrogen and oxygen atoms in total. The molecule has 0 unspecified atom stereocenters. The molecule has 0 amide bonds. The second-order valence-corrected chi connectivity index (χ2v) is 6.59. The fraction of sp³-hybridized carbons (Fsp3) is 0.417. The Morgan fingerprint density at radius 3 is 2.82 bits per heavy atom. The number of aromatic nitrogens is 1. The quantitative estimate of drug-likeness (QED) is 0.928. The van der Waals surface area contributed by atoms with E-state index in [0.29, 0.717) is 6.54 Å². The summed E-state index contributed by atoms with van der Waals surface area (Å²) in [7, 11) is 0. The predicted octanol–water partition coefficient (Wildman–Crippen LogP) is 4.05. The van der Waals surface area contributed by atoms with Crippen molar-refractivity contribution in [3.63, 3.8) is 0 Å². The van der Waals surface area contributed by atoms with Crippen LogP contribution in [0.25, 0.3) is 10.6 Å². The number of nitrogens with zero attached hydrogens (tertiary/aromatic N) is 1. The number of oxazole rings is 1. The van der Waals surface area contributed by atoms with Gasteiger partial charge >= 0.3 is 0 Å². The fourth-order valence-electron chi connectivity index (χ4n) is 1.31. The first-order chi connectivity index (χ1) is 7.96. The molecule has 0 saturated carbocycles. The Morgan fingerprint density at radius 2 is 2.24 bits per heavy atom. The van der Waals surface area contributed by atoms with Crippen molar-refractivity contribution in [3.8, 4) is 10.6 Å². The maximum atomic E-state index is 5.71. The van der Waals surface area contributed by atoms with E-state index in [1.54, 1.807) is 17.5 Å². The Labute approximate surface area is 113 Å². The molecule has 1 N–H and O–H groups in total. The molecule has 0 aliphatic carbocycles. The van der Waals surface area contributed by atoms with E-state index < -0.39 is 0 Å². The van der Waals surface area contributed by atoms with Gasteiger partial charge in [-0.1, -0.05) is 0 Å². The average molecular weight is 315 g/mol. The smallest absolute Gasteiger partial charge is 0.208 e. The lowest BCUT2D eigenvalue weighted by molar-refractivity contribution is 0.384. The highest BCUT2D eigenvalue weighted by Gasteiger charge is 2.13. The summed E-state index contributed by atoms with van der Waals surface area (Å²) in [4.78, 5) is 5.36. The molecular weight excluding hydrogens is 300 g/mol. The van der Waals surface area contributed by atoms with Gasteiger partial charge in [0.15, 0.2) is 5.76 Å². The predicted molar refractivity (Wildman–Crippen MR) is 74.1 cm³/mol. The summed E-state index contributed by atoms with van der Waals surface area (Å²) in [6.07, 6.45) is 1.77. The monoisotopic (exact) mass is 314 g/mol. The lowest BCUT2D eigenvalue weighted by Gasteiger charge is -2.18. The minimum atomic E-state index is 0.0676. The number of nitrogens with one attached hydrogen (secondary N) is 1. The first-order valence-electron chi connectivity index (χ1n) is 5.39. The van der Waals surface area contributed by atoms with Gasteiger partial charge in [-0.15, -0.1) is 11.3 Å². The van der Waals surface area contributed by atoms with Gasteiger partial charge in [0.2, 0.25) is 5.89 Å². The van der Waals surface area contributed by atoms with Gasteiger partial charge in [0.1, 0.15) is 0 Å². The zero-order valence-electron chi connectivity index (χ0n) is 10.1. The third kappa shape index (κ3) is 3.40. The zero-order valence-corrected chi connectivity index (χ0v) is 12.5. The summed E-state index contributed by atoms with van der Waals surface area (Å²) in [5, 5.41) is 5.37. The van der Waals surface area contributed by atoms with Crippen LogP contribution in [0.5, 0.6) is 0 Å².